The zero-order chi connectivity index (χ0) is 32.4. The Hall–Kier alpha value is 2.69. The topological polar surface area (TPSA) is 133 Å². The molecular weight excluding hydrogens is 801 g/mol. The van der Waals surface area contributed by atoms with E-state index in [1.807, 2.05) is 0 Å². The van der Waals surface area contributed by atoms with E-state index in [-0.39, 0.29) is 28.9 Å². The summed E-state index contributed by atoms with van der Waals surface area (Å²) >= 11 is 16.5. The van der Waals surface area contributed by atoms with E-state index in [0.29, 0.717) is 41.3 Å². The second kappa shape index (κ2) is 38.5. The molecule has 1 unspecified atom stereocenters. The van der Waals surface area contributed by atoms with Gasteiger partial charge in [-0.05, 0) is 11.2 Å². The van der Waals surface area contributed by atoms with Gasteiger partial charge < -0.3 is 24.2 Å². The molecule has 0 aliphatic heterocycles. The van der Waals surface area contributed by atoms with Gasteiger partial charge in [-0.3, -0.25) is 14.4 Å². The van der Waals surface area contributed by atoms with Gasteiger partial charge in [0, 0.05) is 67.0 Å². The van der Waals surface area contributed by atoms with Crippen LogP contribution in [-0.4, -0.2) is 152 Å². The van der Waals surface area contributed by atoms with Crippen molar-refractivity contribution in [2.45, 2.75) is 0 Å². The smallest absolute Gasteiger partial charge is 0.315 e. The summed E-state index contributed by atoms with van der Waals surface area (Å²) in [6.07, 6.45) is 0. The van der Waals surface area contributed by atoms with Crippen LogP contribution in [0.3, 0.4) is 0 Å². The van der Waals surface area contributed by atoms with Crippen LogP contribution in [0.2, 0.25) is 0 Å². The van der Waals surface area contributed by atoms with Crippen LogP contribution in [0.1, 0.15) is 0 Å². The summed E-state index contributed by atoms with van der Waals surface area (Å²) in [5.74, 6) is 9.24. The molecule has 0 spiro atoms. The molecule has 0 saturated carbocycles. The lowest BCUT2D eigenvalue weighted by atomic mass is 10.8. The Morgan fingerprint density at radius 1 is 0.545 bits per heavy atom. The van der Waals surface area contributed by atoms with Crippen LogP contribution < -0.4 is 0 Å². The van der Waals surface area contributed by atoms with Crippen LogP contribution in [0.25, 0.3) is 0 Å². The first-order valence-electron chi connectivity index (χ1n) is 13.3. The van der Waals surface area contributed by atoms with Crippen LogP contribution in [-0.2, 0) is 35.0 Å². The van der Waals surface area contributed by atoms with E-state index < -0.39 is 11.2 Å². The molecule has 0 saturated heterocycles. The van der Waals surface area contributed by atoms with Crippen molar-refractivity contribution in [3.05, 3.63) is 0 Å². The Morgan fingerprint density at radius 2 is 1.02 bits per heavy atom. The zero-order valence-corrected chi connectivity index (χ0v) is 34.4. The van der Waals surface area contributed by atoms with Crippen molar-refractivity contribution in [2.24, 2.45) is 0 Å². The third-order valence-electron chi connectivity index (χ3n) is 4.25. The fourth-order valence-electron chi connectivity index (χ4n) is 2.32. The highest BCUT2D eigenvalue weighted by atomic mass is 32.3. The molecule has 260 valence electrons. The summed E-state index contributed by atoms with van der Waals surface area (Å²) < 4.78 is 22.5. The number of thioether (sulfide) groups is 11. The van der Waals surface area contributed by atoms with Gasteiger partial charge in [0.15, 0.2) is 10.2 Å². The number of aliphatic hydroxyl groups is 2. The molecule has 0 amide bonds. The minimum absolute atomic E-state index is 0.108. The Bertz CT molecular complexity index is 687. The molecule has 44 heavy (non-hydrogen) atoms. The molecule has 8 nitrogen and oxygen atoms in total. The maximum Gasteiger partial charge on any atom is 0.315 e. The van der Waals surface area contributed by atoms with Crippen molar-refractivity contribution in [3.63, 3.8) is 0 Å². The predicted octanol–water partition coefficient (Wildman–Crippen LogP) is 5.14. The van der Waals surface area contributed by atoms with Crippen molar-refractivity contribution in [3.8, 4) is 0 Å². The molecule has 0 radical (unpaired) electrons. The Balaban J connectivity index is 3.38. The van der Waals surface area contributed by atoms with E-state index >= 15 is 0 Å². The minimum Gasteiger partial charge on any atom is -0.616 e. The number of aliphatic hydroxyl groups excluding tert-OH is 2. The highest BCUT2D eigenvalue weighted by molar-refractivity contribution is 8.25. The number of carbonyl (C=O) groups excluding carboxylic acids is 3. The van der Waals surface area contributed by atoms with Gasteiger partial charge in [-0.1, -0.05) is 11.8 Å². The summed E-state index contributed by atoms with van der Waals surface area (Å²) in [7, 11) is 0. The third kappa shape index (κ3) is 37.5. The van der Waals surface area contributed by atoms with E-state index in [2.05, 4.69) is 0 Å². The Kier molecular flexibility index (Phi) is 40.8. The summed E-state index contributed by atoms with van der Waals surface area (Å²) in [4.78, 5) is 35.3. The van der Waals surface area contributed by atoms with Crippen molar-refractivity contribution in [2.75, 3.05) is 120 Å². The van der Waals surface area contributed by atoms with Gasteiger partial charge in [0.1, 0.15) is 19.0 Å². The van der Waals surface area contributed by atoms with Crippen LogP contribution in [0, 0.1) is 0 Å². The monoisotopic (exact) mass is 844 g/mol. The first-order chi connectivity index (χ1) is 21.5. The van der Waals surface area contributed by atoms with Crippen LogP contribution in [0.15, 0.2) is 0 Å². The molecule has 1 atom stereocenters. The summed E-state index contributed by atoms with van der Waals surface area (Å²) in [5.41, 5.74) is 0. The number of hydrogen-bond donors (Lipinski definition) is 2. The molecule has 0 aromatic rings. The second-order valence-electron chi connectivity index (χ2n) is 7.64. The number of carbonyl (C=O) groups is 3. The van der Waals surface area contributed by atoms with Crippen LogP contribution >= 0.6 is 129 Å². The lowest BCUT2D eigenvalue weighted by Crippen LogP contribution is -2.12. The number of hydrogen-bond acceptors (Lipinski definition) is 19. The van der Waals surface area contributed by atoms with Gasteiger partial charge in [-0.25, -0.2) is 0 Å². The Morgan fingerprint density at radius 3 is 1.59 bits per heavy atom. The Labute approximate surface area is 313 Å². The normalized spacial score (nSPS) is 11.9. The largest absolute Gasteiger partial charge is 0.616 e. The highest BCUT2D eigenvalue weighted by Gasteiger charge is 2.08. The van der Waals surface area contributed by atoms with Gasteiger partial charge in [-0.2, -0.15) is 23.5 Å². The quantitative estimate of drug-likeness (QED) is 0.0383. The van der Waals surface area contributed by atoms with E-state index in [1.165, 1.54) is 47.0 Å². The van der Waals surface area contributed by atoms with Gasteiger partial charge in [0.25, 0.3) is 0 Å². The molecule has 0 aliphatic carbocycles. The SMILES string of the molecule is O=C(CSCCSCC[S+]([O-])CSCCSCSC(=O)CSCCSCC(=O)OCCSCSCO)OCCSCSCO. The fraction of sp³-hybridized carbons (Fsp3) is 0.875. The lowest BCUT2D eigenvalue weighted by molar-refractivity contribution is -0.140. The fourth-order valence-corrected chi connectivity index (χ4v) is 14.1. The molecule has 0 rings (SSSR count). The maximum atomic E-state index is 12.2. The summed E-state index contributed by atoms with van der Waals surface area (Å²) in [5, 5.41) is 20.5. The molecular formula is C24H44O8S12. The molecule has 0 bridgehead atoms. The molecule has 20 heteroatoms. The van der Waals surface area contributed by atoms with Gasteiger partial charge in [-0.15, -0.1) is 94.1 Å². The third-order valence-corrected chi connectivity index (χ3v) is 18.2. The van der Waals surface area contributed by atoms with Crippen molar-refractivity contribution >= 4 is 158 Å². The van der Waals surface area contributed by atoms with Gasteiger partial charge in [0.2, 0.25) is 0 Å². The highest BCUT2D eigenvalue weighted by Crippen LogP contribution is 2.19. The lowest BCUT2D eigenvalue weighted by Gasteiger charge is -2.10. The molecule has 2 N–H and O–H groups in total. The number of rotatable bonds is 34. The van der Waals surface area contributed by atoms with E-state index in [4.69, 9.17) is 19.7 Å². The average Bonchev–Trinajstić information content (AvgIpc) is 3.01. The first kappa shape index (κ1) is 46.7. The molecule has 0 fully saturated rings. The average molecular weight is 845 g/mol. The molecule has 0 aromatic heterocycles. The first-order valence-corrected chi connectivity index (χ1v) is 27.3. The summed E-state index contributed by atoms with van der Waals surface area (Å²) in [6, 6.07) is 0. The minimum atomic E-state index is -0.833. The number of esters is 2. The zero-order valence-electron chi connectivity index (χ0n) is 24.6. The van der Waals surface area contributed by atoms with E-state index in [1.54, 1.807) is 82.3 Å². The summed E-state index contributed by atoms with van der Waals surface area (Å²) in [6.45, 7) is 0.799. The standard InChI is InChI=1S/C24H44O8S12/c25-16-41-18-37-3-1-31-22(27)13-34-6-5-33-11-12-44(30)21-40-10-9-39-20-43-24(29)15-36-8-7-35-14-23(28)32-2-4-38-19-42-17-26/h25-26H,1-21H2. The van der Waals surface area contributed by atoms with Crippen molar-refractivity contribution in [1.82, 2.24) is 0 Å². The van der Waals surface area contributed by atoms with Crippen LogP contribution in [0.5, 0.6) is 0 Å². The second-order valence-corrected chi connectivity index (χ2v) is 22.6. The van der Waals surface area contributed by atoms with Crippen LogP contribution in [0.4, 0.5) is 0 Å². The van der Waals surface area contributed by atoms with E-state index in [0.717, 1.165) is 67.0 Å². The molecule has 0 heterocycles. The van der Waals surface area contributed by atoms with Gasteiger partial charge in [0.05, 0.1) is 29.1 Å². The van der Waals surface area contributed by atoms with Crippen molar-refractivity contribution in [1.29, 1.82) is 0 Å². The maximum absolute atomic E-state index is 12.2. The van der Waals surface area contributed by atoms with Crippen molar-refractivity contribution < 1.29 is 38.6 Å². The predicted molar refractivity (Wildman–Crippen MR) is 215 cm³/mol. The van der Waals surface area contributed by atoms with Gasteiger partial charge >= 0.3 is 11.9 Å². The molecule has 0 aliphatic rings. The number of ether oxygens (including phenoxy) is 2. The molecule has 0 aromatic carbocycles. The van der Waals surface area contributed by atoms with E-state index in [9.17, 15) is 18.9 Å².